The quantitative estimate of drug-likeness (QED) is 0.503. The molecule has 3 aromatic rings. The third-order valence-corrected chi connectivity index (χ3v) is 4.13. The van der Waals surface area contributed by atoms with Crippen LogP contribution in [0.4, 0.5) is 4.39 Å². The number of nitrogens with one attached hydrogen (secondary N) is 1. The summed E-state index contributed by atoms with van der Waals surface area (Å²) in [4.78, 5) is 12.0. The van der Waals surface area contributed by atoms with Crippen LogP contribution in [0.5, 0.6) is 5.75 Å². The van der Waals surface area contributed by atoms with Crippen molar-refractivity contribution < 1.29 is 13.9 Å². The number of carbonyl (C=O) groups is 1. The van der Waals surface area contributed by atoms with Gasteiger partial charge in [0.25, 0.3) is 5.91 Å². The third kappa shape index (κ3) is 5.06. The van der Waals surface area contributed by atoms with Crippen molar-refractivity contribution in [3.05, 3.63) is 100 Å². The molecule has 0 radical (unpaired) electrons. The van der Waals surface area contributed by atoms with Gasteiger partial charge in [0.05, 0.1) is 35.0 Å². The van der Waals surface area contributed by atoms with Crippen LogP contribution in [-0.2, 0) is 6.61 Å². The number of nitrogens with zero attached hydrogens (tertiary/aromatic N) is 3. The Hall–Kier alpha value is -4.49. The van der Waals surface area contributed by atoms with E-state index in [-0.39, 0.29) is 17.7 Å². The van der Waals surface area contributed by atoms with Gasteiger partial charge >= 0.3 is 0 Å². The van der Waals surface area contributed by atoms with E-state index in [1.165, 1.54) is 18.3 Å². The van der Waals surface area contributed by atoms with Gasteiger partial charge in [0.15, 0.2) is 0 Å². The van der Waals surface area contributed by atoms with Gasteiger partial charge < -0.3 is 4.74 Å². The zero-order valence-electron chi connectivity index (χ0n) is 15.7. The lowest BCUT2D eigenvalue weighted by Crippen LogP contribution is -2.19. The second kappa shape index (κ2) is 9.63. The highest BCUT2D eigenvalue weighted by molar-refractivity contribution is 5.95. The molecule has 7 heteroatoms. The van der Waals surface area contributed by atoms with E-state index in [0.717, 1.165) is 11.6 Å². The first kappa shape index (κ1) is 20.2. The summed E-state index contributed by atoms with van der Waals surface area (Å²) in [5.41, 5.74) is 4.23. The first-order valence-corrected chi connectivity index (χ1v) is 8.84. The molecule has 146 valence electrons. The van der Waals surface area contributed by atoms with Crippen molar-refractivity contribution in [1.29, 1.82) is 10.5 Å². The van der Waals surface area contributed by atoms with Crippen LogP contribution in [0.1, 0.15) is 32.6 Å². The summed E-state index contributed by atoms with van der Waals surface area (Å²) in [6, 6.07) is 21.7. The van der Waals surface area contributed by atoms with Crippen molar-refractivity contribution in [3.63, 3.8) is 0 Å². The van der Waals surface area contributed by atoms with Gasteiger partial charge in [-0.1, -0.05) is 18.2 Å². The molecular formula is C23H15FN4O2. The first-order chi connectivity index (χ1) is 14.6. The molecule has 3 aromatic carbocycles. The summed E-state index contributed by atoms with van der Waals surface area (Å²) in [6.07, 6.45) is 1.41. The normalized spacial score (nSPS) is 10.2. The molecule has 0 saturated heterocycles. The molecule has 0 fully saturated rings. The lowest BCUT2D eigenvalue weighted by molar-refractivity contribution is 0.0951. The Morgan fingerprint density at radius 2 is 1.83 bits per heavy atom. The van der Waals surface area contributed by atoms with Crippen LogP contribution >= 0.6 is 0 Å². The molecule has 0 unspecified atom stereocenters. The van der Waals surface area contributed by atoms with Crippen LogP contribution in [0.25, 0.3) is 0 Å². The maximum absolute atomic E-state index is 13.8. The van der Waals surface area contributed by atoms with Crippen molar-refractivity contribution in [3.8, 4) is 17.9 Å². The smallest absolute Gasteiger partial charge is 0.274 e. The van der Waals surface area contributed by atoms with Crippen LogP contribution in [0, 0.1) is 28.5 Å². The molecule has 1 N–H and O–H groups in total. The van der Waals surface area contributed by atoms with Gasteiger partial charge in [-0.15, -0.1) is 0 Å². The highest BCUT2D eigenvalue weighted by Gasteiger charge is 2.11. The number of rotatable bonds is 6. The Labute approximate surface area is 172 Å². The number of halogens is 1. The highest BCUT2D eigenvalue weighted by Crippen LogP contribution is 2.15. The molecule has 0 spiro atoms. The fraction of sp³-hybridized carbons (Fsp3) is 0.0435. The number of ether oxygens (including phenoxy) is 1. The number of amides is 1. The SMILES string of the molecule is N#Cc1ccc(C(=O)N/N=C\c2ccc(OCc3ccccc3C#N)cc2)c(F)c1. The topological polar surface area (TPSA) is 98.3 Å². The minimum absolute atomic E-state index is 0.131. The molecule has 30 heavy (non-hydrogen) atoms. The minimum atomic E-state index is -0.791. The lowest BCUT2D eigenvalue weighted by Gasteiger charge is -2.07. The van der Waals surface area contributed by atoms with Crippen molar-refractivity contribution in [1.82, 2.24) is 5.43 Å². The van der Waals surface area contributed by atoms with Gasteiger partial charge in [0, 0.05) is 5.56 Å². The van der Waals surface area contributed by atoms with Gasteiger partial charge in [0.2, 0.25) is 0 Å². The largest absolute Gasteiger partial charge is 0.489 e. The van der Waals surface area contributed by atoms with Crippen molar-refractivity contribution in [2.75, 3.05) is 0 Å². The average Bonchev–Trinajstić information content (AvgIpc) is 2.78. The fourth-order valence-corrected chi connectivity index (χ4v) is 2.56. The van der Waals surface area contributed by atoms with Gasteiger partial charge in [0.1, 0.15) is 18.2 Å². The van der Waals surface area contributed by atoms with Gasteiger partial charge in [-0.25, -0.2) is 9.82 Å². The zero-order chi connectivity index (χ0) is 21.3. The molecule has 0 aliphatic heterocycles. The number of nitriles is 2. The van der Waals surface area contributed by atoms with Gasteiger partial charge in [-0.2, -0.15) is 15.6 Å². The summed E-state index contributed by atoms with van der Waals surface area (Å²) in [5.74, 6) is -0.894. The average molecular weight is 398 g/mol. The summed E-state index contributed by atoms with van der Waals surface area (Å²) in [5, 5.41) is 21.6. The van der Waals surface area contributed by atoms with E-state index in [0.29, 0.717) is 16.9 Å². The monoisotopic (exact) mass is 398 g/mol. The first-order valence-electron chi connectivity index (χ1n) is 8.84. The van der Waals surface area contributed by atoms with Gasteiger partial charge in [-0.05, 0) is 54.1 Å². The van der Waals surface area contributed by atoms with E-state index in [9.17, 15) is 9.18 Å². The van der Waals surface area contributed by atoms with E-state index < -0.39 is 11.7 Å². The fourth-order valence-electron chi connectivity index (χ4n) is 2.56. The Morgan fingerprint density at radius 1 is 1.07 bits per heavy atom. The van der Waals surface area contributed by atoms with Crippen molar-refractivity contribution in [2.45, 2.75) is 6.61 Å². The second-order valence-electron chi connectivity index (χ2n) is 6.13. The number of hydrogen-bond acceptors (Lipinski definition) is 5. The van der Waals surface area contributed by atoms with Gasteiger partial charge in [-0.3, -0.25) is 4.79 Å². The molecule has 0 saturated carbocycles. The number of hydrazone groups is 1. The van der Waals surface area contributed by atoms with E-state index in [2.05, 4.69) is 16.6 Å². The van der Waals surface area contributed by atoms with E-state index in [1.54, 1.807) is 42.5 Å². The summed E-state index contributed by atoms with van der Waals surface area (Å²) in [7, 11) is 0. The summed E-state index contributed by atoms with van der Waals surface area (Å²) in [6.45, 7) is 0.267. The molecule has 0 bridgehead atoms. The highest BCUT2D eigenvalue weighted by atomic mass is 19.1. The summed E-state index contributed by atoms with van der Waals surface area (Å²) >= 11 is 0. The summed E-state index contributed by atoms with van der Waals surface area (Å²) < 4.78 is 19.5. The zero-order valence-corrected chi connectivity index (χ0v) is 15.7. The van der Waals surface area contributed by atoms with Crippen LogP contribution in [0.2, 0.25) is 0 Å². The number of hydrogen-bond donors (Lipinski definition) is 1. The second-order valence-corrected chi connectivity index (χ2v) is 6.13. The molecule has 3 rings (SSSR count). The van der Waals surface area contributed by atoms with E-state index >= 15 is 0 Å². The van der Waals surface area contributed by atoms with E-state index in [4.69, 9.17) is 15.3 Å². The Bertz CT molecular complexity index is 1180. The lowest BCUT2D eigenvalue weighted by atomic mass is 10.1. The van der Waals surface area contributed by atoms with Crippen LogP contribution in [0.3, 0.4) is 0 Å². The molecule has 0 aliphatic rings. The maximum Gasteiger partial charge on any atom is 0.274 e. The minimum Gasteiger partial charge on any atom is -0.489 e. The molecular weight excluding hydrogens is 383 g/mol. The van der Waals surface area contributed by atoms with Crippen LogP contribution < -0.4 is 10.2 Å². The standard InChI is InChI=1S/C23H15FN4O2/c24-22-11-17(12-25)7-10-21(22)23(29)28-27-14-16-5-8-20(9-6-16)30-15-19-4-2-1-3-18(19)13-26/h1-11,14H,15H2,(H,28,29)/b27-14-. The van der Waals surface area contributed by atoms with E-state index in [1.807, 2.05) is 12.1 Å². The Morgan fingerprint density at radius 3 is 2.53 bits per heavy atom. The van der Waals surface area contributed by atoms with Crippen LogP contribution in [-0.4, -0.2) is 12.1 Å². The number of benzene rings is 3. The van der Waals surface area contributed by atoms with Crippen LogP contribution in [0.15, 0.2) is 71.8 Å². The molecule has 0 aromatic heterocycles. The Balaban J connectivity index is 1.56. The third-order valence-electron chi connectivity index (χ3n) is 4.13. The van der Waals surface area contributed by atoms with Crippen molar-refractivity contribution in [2.24, 2.45) is 5.10 Å². The predicted octanol–water partition coefficient (Wildman–Crippen LogP) is 3.91. The maximum atomic E-state index is 13.8. The Kier molecular flexibility index (Phi) is 6.50. The van der Waals surface area contributed by atoms with Crippen molar-refractivity contribution >= 4 is 12.1 Å². The predicted molar refractivity (Wildman–Crippen MR) is 108 cm³/mol. The molecule has 6 nitrogen and oxygen atoms in total. The number of carbonyl (C=O) groups excluding carboxylic acids is 1. The molecule has 0 atom stereocenters. The molecule has 0 heterocycles. The molecule has 0 aliphatic carbocycles. The molecule has 1 amide bonds.